The largest absolute Gasteiger partial charge is 0.483 e. The van der Waals surface area contributed by atoms with Gasteiger partial charge in [0.05, 0.1) is 22.0 Å². The second-order valence-corrected chi connectivity index (χ2v) is 7.33. The SMILES string of the molecule is Cc1nc2n(c1-c1ccc(S(N)(=O)=O)cc1)-c1ccc(F)cc1OC2. The summed E-state index contributed by atoms with van der Waals surface area (Å²) in [7, 11) is -3.75. The number of imidazole rings is 1. The van der Waals surface area contributed by atoms with E-state index in [-0.39, 0.29) is 17.3 Å². The summed E-state index contributed by atoms with van der Waals surface area (Å²) in [5, 5.41) is 5.15. The van der Waals surface area contributed by atoms with Crippen molar-refractivity contribution < 1.29 is 17.5 Å². The van der Waals surface area contributed by atoms with Crippen LogP contribution >= 0.6 is 0 Å². The van der Waals surface area contributed by atoms with Gasteiger partial charge in [-0.3, -0.25) is 4.57 Å². The van der Waals surface area contributed by atoms with Crippen LogP contribution in [-0.2, 0) is 16.6 Å². The van der Waals surface area contributed by atoms with E-state index in [2.05, 4.69) is 4.98 Å². The fourth-order valence-electron chi connectivity index (χ4n) is 3.01. The minimum atomic E-state index is -3.75. The lowest BCUT2D eigenvalue weighted by atomic mass is 10.1. The number of rotatable bonds is 2. The van der Waals surface area contributed by atoms with E-state index in [1.165, 1.54) is 24.3 Å². The summed E-state index contributed by atoms with van der Waals surface area (Å²) in [6.45, 7) is 2.09. The molecule has 0 radical (unpaired) electrons. The van der Waals surface area contributed by atoms with Crippen LogP contribution in [0.5, 0.6) is 5.75 Å². The summed E-state index contributed by atoms with van der Waals surface area (Å²) in [5.41, 5.74) is 3.03. The zero-order valence-electron chi connectivity index (χ0n) is 13.2. The molecule has 3 aromatic rings. The van der Waals surface area contributed by atoms with E-state index >= 15 is 0 Å². The molecule has 0 bridgehead atoms. The molecule has 2 N–H and O–H groups in total. The van der Waals surface area contributed by atoms with Crippen LogP contribution in [0.1, 0.15) is 11.5 Å². The predicted molar refractivity (Wildman–Crippen MR) is 89.4 cm³/mol. The molecule has 1 aliphatic rings. The lowest BCUT2D eigenvalue weighted by molar-refractivity contribution is 0.278. The number of nitrogens with zero attached hydrogens (tertiary/aromatic N) is 2. The van der Waals surface area contributed by atoms with Gasteiger partial charge in [-0.25, -0.2) is 22.9 Å². The van der Waals surface area contributed by atoms with Crippen LogP contribution in [0.15, 0.2) is 47.4 Å². The number of primary sulfonamides is 1. The van der Waals surface area contributed by atoms with Gasteiger partial charge in [0, 0.05) is 11.6 Å². The molecule has 1 aromatic heterocycles. The highest BCUT2D eigenvalue weighted by Crippen LogP contribution is 2.36. The first-order valence-corrected chi connectivity index (χ1v) is 9.03. The van der Waals surface area contributed by atoms with E-state index in [1.807, 2.05) is 11.5 Å². The molecule has 0 unspecified atom stereocenters. The van der Waals surface area contributed by atoms with Gasteiger partial charge in [0.15, 0.2) is 5.82 Å². The van der Waals surface area contributed by atoms with E-state index in [1.54, 1.807) is 18.2 Å². The molecule has 2 aromatic carbocycles. The first-order chi connectivity index (χ1) is 11.8. The molecular formula is C17H14FN3O3S. The summed E-state index contributed by atoms with van der Waals surface area (Å²) in [6, 6.07) is 10.6. The smallest absolute Gasteiger partial charge is 0.238 e. The van der Waals surface area contributed by atoms with Crippen LogP contribution in [-0.4, -0.2) is 18.0 Å². The number of benzene rings is 2. The monoisotopic (exact) mass is 359 g/mol. The molecule has 128 valence electrons. The van der Waals surface area contributed by atoms with Gasteiger partial charge in [0.2, 0.25) is 10.0 Å². The number of hydrogen-bond donors (Lipinski definition) is 1. The van der Waals surface area contributed by atoms with E-state index in [0.717, 1.165) is 17.0 Å². The second kappa shape index (κ2) is 5.40. The maximum atomic E-state index is 13.5. The highest BCUT2D eigenvalue weighted by atomic mass is 32.2. The van der Waals surface area contributed by atoms with Crippen LogP contribution in [0.3, 0.4) is 0 Å². The number of fused-ring (bicyclic) bond motifs is 3. The van der Waals surface area contributed by atoms with Crippen molar-refractivity contribution in [1.82, 2.24) is 9.55 Å². The number of aryl methyl sites for hydroxylation is 1. The number of halogens is 1. The minimum Gasteiger partial charge on any atom is -0.483 e. The summed E-state index contributed by atoms with van der Waals surface area (Å²) in [6.07, 6.45) is 0. The van der Waals surface area contributed by atoms with Gasteiger partial charge in [-0.05, 0) is 31.2 Å². The van der Waals surface area contributed by atoms with Crippen molar-refractivity contribution in [2.24, 2.45) is 5.14 Å². The molecule has 25 heavy (non-hydrogen) atoms. The van der Waals surface area contributed by atoms with Crippen LogP contribution in [0.2, 0.25) is 0 Å². The van der Waals surface area contributed by atoms with Gasteiger partial charge >= 0.3 is 0 Å². The van der Waals surface area contributed by atoms with Crippen molar-refractivity contribution in [3.63, 3.8) is 0 Å². The molecule has 0 spiro atoms. The van der Waals surface area contributed by atoms with E-state index < -0.39 is 10.0 Å². The quantitative estimate of drug-likeness (QED) is 0.762. The average Bonchev–Trinajstić information content (AvgIpc) is 2.90. The van der Waals surface area contributed by atoms with Crippen molar-refractivity contribution in [2.45, 2.75) is 18.4 Å². The molecule has 4 rings (SSSR count). The fourth-order valence-corrected chi connectivity index (χ4v) is 3.53. The van der Waals surface area contributed by atoms with Crippen molar-refractivity contribution in [1.29, 1.82) is 0 Å². The third-order valence-corrected chi connectivity index (χ3v) is 5.03. The number of sulfonamides is 1. The van der Waals surface area contributed by atoms with Gasteiger partial charge in [-0.2, -0.15) is 0 Å². The van der Waals surface area contributed by atoms with E-state index in [0.29, 0.717) is 17.3 Å². The van der Waals surface area contributed by atoms with Crippen LogP contribution in [0.25, 0.3) is 16.9 Å². The Morgan fingerprint density at radius 3 is 2.60 bits per heavy atom. The van der Waals surface area contributed by atoms with Gasteiger partial charge < -0.3 is 4.74 Å². The normalized spacial score (nSPS) is 13.1. The standard InChI is InChI=1S/C17H14FN3O3S/c1-10-17(11-2-5-13(6-3-11)25(19,22)23)21-14-7-4-12(18)8-15(14)24-9-16(21)20-10/h2-8H,9H2,1H3,(H2,19,22,23). The van der Waals surface area contributed by atoms with Gasteiger partial charge in [0.1, 0.15) is 18.2 Å². The topological polar surface area (TPSA) is 87.2 Å². The molecule has 6 nitrogen and oxygen atoms in total. The van der Waals surface area contributed by atoms with Crippen molar-refractivity contribution in [3.8, 4) is 22.7 Å². The Labute approximate surface area is 143 Å². The highest BCUT2D eigenvalue weighted by Gasteiger charge is 2.24. The first kappa shape index (κ1) is 15.8. The molecule has 0 fully saturated rings. The van der Waals surface area contributed by atoms with E-state index in [4.69, 9.17) is 9.88 Å². The Hall–Kier alpha value is -2.71. The lowest BCUT2D eigenvalue weighted by Gasteiger charge is -2.21. The summed E-state index contributed by atoms with van der Waals surface area (Å²) in [5.74, 6) is 0.757. The molecule has 0 atom stereocenters. The molecule has 0 saturated carbocycles. The van der Waals surface area contributed by atoms with Crippen molar-refractivity contribution >= 4 is 10.0 Å². The highest BCUT2D eigenvalue weighted by molar-refractivity contribution is 7.89. The zero-order chi connectivity index (χ0) is 17.8. The van der Waals surface area contributed by atoms with Gasteiger partial charge in [-0.15, -0.1) is 0 Å². The summed E-state index contributed by atoms with van der Waals surface area (Å²) < 4.78 is 43.8. The Balaban J connectivity index is 1.91. The van der Waals surface area contributed by atoms with Crippen LogP contribution in [0, 0.1) is 12.7 Å². The minimum absolute atomic E-state index is 0.0399. The number of aromatic nitrogens is 2. The zero-order valence-corrected chi connectivity index (χ0v) is 14.0. The second-order valence-electron chi connectivity index (χ2n) is 5.77. The molecule has 0 amide bonds. The Morgan fingerprint density at radius 1 is 1.20 bits per heavy atom. The van der Waals surface area contributed by atoms with Crippen LogP contribution in [0.4, 0.5) is 4.39 Å². The van der Waals surface area contributed by atoms with Crippen molar-refractivity contribution in [3.05, 3.63) is 59.8 Å². The number of nitrogens with two attached hydrogens (primary N) is 1. The Bertz CT molecular complexity index is 1090. The first-order valence-electron chi connectivity index (χ1n) is 7.49. The molecule has 2 heterocycles. The Kier molecular flexibility index (Phi) is 3.41. The molecular weight excluding hydrogens is 345 g/mol. The van der Waals surface area contributed by atoms with Gasteiger partial charge in [-0.1, -0.05) is 12.1 Å². The van der Waals surface area contributed by atoms with Gasteiger partial charge in [0.25, 0.3) is 0 Å². The fraction of sp³-hybridized carbons (Fsp3) is 0.118. The van der Waals surface area contributed by atoms with Crippen molar-refractivity contribution in [2.75, 3.05) is 0 Å². The average molecular weight is 359 g/mol. The molecule has 0 aliphatic carbocycles. The maximum absolute atomic E-state index is 13.5. The summed E-state index contributed by atoms with van der Waals surface area (Å²) in [4.78, 5) is 4.56. The number of hydrogen-bond acceptors (Lipinski definition) is 4. The van der Waals surface area contributed by atoms with E-state index in [9.17, 15) is 12.8 Å². The van der Waals surface area contributed by atoms with Crippen LogP contribution < -0.4 is 9.88 Å². The number of ether oxygens (including phenoxy) is 1. The maximum Gasteiger partial charge on any atom is 0.238 e. The summed E-state index contributed by atoms with van der Waals surface area (Å²) >= 11 is 0. The molecule has 8 heteroatoms. The molecule has 1 aliphatic heterocycles. The third-order valence-electron chi connectivity index (χ3n) is 4.10. The lowest BCUT2D eigenvalue weighted by Crippen LogP contribution is -2.14. The predicted octanol–water partition coefficient (Wildman–Crippen LogP) is 2.53. The molecule has 0 saturated heterocycles. The Morgan fingerprint density at radius 2 is 1.92 bits per heavy atom. The third kappa shape index (κ3) is 2.59.